The van der Waals surface area contributed by atoms with Crippen molar-refractivity contribution < 1.29 is 19.5 Å². The summed E-state index contributed by atoms with van der Waals surface area (Å²) in [5.74, 6) is 1.35. The number of benzene rings is 1. The van der Waals surface area contributed by atoms with Crippen LogP contribution in [0.3, 0.4) is 0 Å². The van der Waals surface area contributed by atoms with Crippen LogP contribution in [-0.2, 0) is 9.59 Å². The van der Waals surface area contributed by atoms with Gasteiger partial charge in [-0.05, 0) is 115 Å². The molecule has 9 atom stereocenters. The molecule has 5 heteroatoms. The monoisotopic (exact) mass is 561 g/mol. The normalized spacial score (nSPS) is 46.6. The van der Waals surface area contributed by atoms with Crippen LogP contribution in [0.5, 0.6) is 5.75 Å². The molecule has 0 saturated heterocycles. The number of carbonyl (C=O) groups is 2. The summed E-state index contributed by atoms with van der Waals surface area (Å²) in [6, 6.07) is 9.39. The van der Waals surface area contributed by atoms with Crippen molar-refractivity contribution >= 4 is 11.7 Å². The smallest absolute Gasteiger partial charge is 0.258 e. The zero-order valence-corrected chi connectivity index (χ0v) is 26.3. The lowest BCUT2D eigenvalue weighted by Crippen LogP contribution is -2.66. The van der Waals surface area contributed by atoms with E-state index in [1.165, 1.54) is 5.57 Å². The SMILES string of the molecule is CC1(C(=O)NOc2ccccc2)CCC2(C)CCC3(C)C(=CC(=O)C4C5(C)CCC(O)C(C)(C)C5CCC43C)C2C1. The van der Waals surface area contributed by atoms with E-state index in [0.29, 0.717) is 17.5 Å². The first-order valence-corrected chi connectivity index (χ1v) is 16.1. The van der Waals surface area contributed by atoms with Gasteiger partial charge in [0.25, 0.3) is 5.91 Å². The van der Waals surface area contributed by atoms with Gasteiger partial charge in [-0.2, -0.15) is 5.48 Å². The molecule has 9 unspecified atom stereocenters. The molecule has 224 valence electrons. The maximum Gasteiger partial charge on any atom is 0.258 e. The highest BCUT2D eigenvalue weighted by Crippen LogP contribution is 2.75. The van der Waals surface area contributed by atoms with Gasteiger partial charge in [0.05, 0.1) is 6.10 Å². The molecule has 0 aliphatic heterocycles. The molecule has 0 spiro atoms. The van der Waals surface area contributed by atoms with Crippen molar-refractivity contribution in [3.8, 4) is 5.75 Å². The third-order valence-corrected chi connectivity index (χ3v) is 14.1. The van der Waals surface area contributed by atoms with Crippen molar-refractivity contribution in [1.29, 1.82) is 0 Å². The highest BCUT2D eigenvalue weighted by Gasteiger charge is 2.70. The summed E-state index contributed by atoms with van der Waals surface area (Å²) in [6.07, 6.45) is 10.3. The zero-order valence-electron chi connectivity index (χ0n) is 26.3. The Kier molecular flexibility index (Phi) is 6.48. The molecule has 0 radical (unpaired) electrons. The largest absolute Gasteiger partial charge is 0.393 e. The number of fused-ring (bicyclic) bond motifs is 7. The molecule has 5 aliphatic carbocycles. The van der Waals surface area contributed by atoms with Crippen molar-refractivity contribution in [3.63, 3.8) is 0 Å². The standard InChI is InChI=1S/C36H51NO4/c1-31(2)27-13-16-36(7)29(34(27,5)15-14-28(31)39)26(38)21-24-25-22-33(4,18-17-32(25,3)19-20-35(24,36)6)30(40)37-41-23-11-9-8-10-12-23/h8-12,21,25,27-29,39H,13-20,22H2,1-7H3,(H,37,40). The van der Waals surface area contributed by atoms with Crippen LogP contribution in [0.1, 0.15) is 106 Å². The summed E-state index contributed by atoms with van der Waals surface area (Å²) in [7, 11) is 0. The fourth-order valence-electron chi connectivity index (χ4n) is 11.1. The van der Waals surface area contributed by atoms with Crippen LogP contribution in [0.4, 0.5) is 0 Å². The van der Waals surface area contributed by atoms with Crippen LogP contribution >= 0.6 is 0 Å². The van der Waals surface area contributed by atoms with Gasteiger partial charge in [0.1, 0.15) is 0 Å². The number of nitrogens with one attached hydrogen (secondary N) is 1. The number of hydroxylamine groups is 1. The first-order valence-electron chi connectivity index (χ1n) is 16.1. The molecular weight excluding hydrogens is 510 g/mol. The number of hydrogen-bond acceptors (Lipinski definition) is 4. The van der Waals surface area contributed by atoms with Crippen molar-refractivity contribution in [1.82, 2.24) is 5.48 Å². The van der Waals surface area contributed by atoms with Gasteiger partial charge in [0, 0.05) is 11.3 Å². The molecule has 5 nitrogen and oxygen atoms in total. The van der Waals surface area contributed by atoms with Crippen LogP contribution < -0.4 is 10.3 Å². The predicted molar refractivity (Wildman–Crippen MR) is 161 cm³/mol. The summed E-state index contributed by atoms with van der Waals surface area (Å²) in [4.78, 5) is 33.8. The average molecular weight is 562 g/mol. The summed E-state index contributed by atoms with van der Waals surface area (Å²) in [6.45, 7) is 16.2. The van der Waals surface area contributed by atoms with Crippen LogP contribution in [0.25, 0.3) is 0 Å². The average Bonchev–Trinajstić information content (AvgIpc) is 2.92. The zero-order chi connectivity index (χ0) is 29.6. The second-order valence-corrected chi connectivity index (χ2v) is 16.5. The Hall–Kier alpha value is -2.14. The molecule has 5 aliphatic rings. The van der Waals surface area contributed by atoms with Gasteiger partial charge in [-0.1, -0.05) is 72.2 Å². The molecule has 4 saturated carbocycles. The topological polar surface area (TPSA) is 75.6 Å². The van der Waals surface area contributed by atoms with E-state index in [-0.39, 0.29) is 50.9 Å². The lowest BCUT2D eigenvalue weighted by molar-refractivity contribution is -0.202. The number of carbonyl (C=O) groups excluding carboxylic acids is 2. The lowest BCUT2D eigenvalue weighted by atomic mass is 9.33. The van der Waals surface area contributed by atoms with Gasteiger partial charge in [0.2, 0.25) is 0 Å². The number of allylic oxidation sites excluding steroid dienone is 2. The van der Waals surface area contributed by atoms with Gasteiger partial charge < -0.3 is 9.94 Å². The molecule has 6 rings (SSSR count). The molecule has 41 heavy (non-hydrogen) atoms. The first kappa shape index (κ1) is 29.0. The molecular formula is C36H51NO4. The van der Waals surface area contributed by atoms with Crippen molar-refractivity contribution in [2.75, 3.05) is 0 Å². The quantitative estimate of drug-likeness (QED) is 0.376. The maximum absolute atomic E-state index is 14.5. The fraction of sp³-hybridized carbons (Fsp3) is 0.722. The first-order chi connectivity index (χ1) is 19.1. The maximum atomic E-state index is 14.5. The highest BCUT2D eigenvalue weighted by atomic mass is 16.7. The van der Waals surface area contributed by atoms with Crippen molar-refractivity contribution in [2.45, 2.75) is 112 Å². The number of rotatable bonds is 3. The Morgan fingerprint density at radius 2 is 1.59 bits per heavy atom. The Labute approximate surface area is 246 Å². The van der Waals surface area contributed by atoms with Crippen molar-refractivity contribution in [2.24, 2.45) is 50.2 Å². The van der Waals surface area contributed by atoms with E-state index in [9.17, 15) is 14.7 Å². The van der Waals surface area contributed by atoms with E-state index in [4.69, 9.17) is 4.84 Å². The Morgan fingerprint density at radius 1 is 0.902 bits per heavy atom. The van der Waals surface area contributed by atoms with E-state index in [1.807, 2.05) is 30.3 Å². The number of aliphatic hydroxyl groups excluding tert-OH is 1. The van der Waals surface area contributed by atoms with Gasteiger partial charge in [0.15, 0.2) is 11.5 Å². The number of amides is 1. The van der Waals surface area contributed by atoms with E-state index in [2.05, 4.69) is 60.0 Å². The third-order valence-electron chi connectivity index (χ3n) is 14.1. The van der Waals surface area contributed by atoms with E-state index >= 15 is 0 Å². The van der Waals surface area contributed by atoms with Gasteiger partial charge in [-0.25, -0.2) is 0 Å². The van der Waals surface area contributed by atoms with Gasteiger partial charge in [-0.15, -0.1) is 0 Å². The summed E-state index contributed by atoms with van der Waals surface area (Å²) < 4.78 is 0. The number of ketones is 1. The molecule has 0 aromatic heterocycles. The predicted octanol–water partition coefficient (Wildman–Crippen LogP) is 7.44. The summed E-state index contributed by atoms with van der Waals surface area (Å²) >= 11 is 0. The molecule has 1 aromatic rings. The summed E-state index contributed by atoms with van der Waals surface area (Å²) in [5, 5.41) is 11.0. The molecule has 0 bridgehead atoms. The minimum Gasteiger partial charge on any atom is -0.393 e. The van der Waals surface area contributed by atoms with Crippen LogP contribution in [0, 0.1) is 50.2 Å². The molecule has 2 N–H and O–H groups in total. The minimum atomic E-state index is -0.563. The Balaban J connectivity index is 1.34. The number of hydrogen-bond donors (Lipinski definition) is 2. The van der Waals surface area contributed by atoms with Gasteiger partial charge >= 0.3 is 0 Å². The molecule has 0 heterocycles. The number of aliphatic hydroxyl groups is 1. The van der Waals surface area contributed by atoms with Gasteiger partial charge in [-0.3, -0.25) is 9.59 Å². The van der Waals surface area contributed by atoms with Crippen molar-refractivity contribution in [3.05, 3.63) is 42.0 Å². The van der Waals surface area contributed by atoms with E-state index in [0.717, 1.165) is 57.8 Å². The molecule has 1 aromatic carbocycles. The van der Waals surface area contributed by atoms with E-state index < -0.39 is 5.41 Å². The fourth-order valence-corrected chi connectivity index (χ4v) is 11.1. The third kappa shape index (κ3) is 3.96. The molecule has 1 amide bonds. The Bertz CT molecular complexity index is 1270. The van der Waals surface area contributed by atoms with E-state index in [1.54, 1.807) is 0 Å². The Morgan fingerprint density at radius 3 is 2.29 bits per heavy atom. The number of para-hydroxylation sites is 1. The van der Waals surface area contributed by atoms with Crippen LogP contribution in [0.2, 0.25) is 0 Å². The van der Waals surface area contributed by atoms with Crippen LogP contribution in [-0.4, -0.2) is 22.9 Å². The second kappa shape index (κ2) is 9.18. The molecule has 4 fully saturated rings. The lowest BCUT2D eigenvalue weighted by Gasteiger charge is -2.70. The second-order valence-electron chi connectivity index (χ2n) is 16.5. The highest BCUT2D eigenvalue weighted by molar-refractivity contribution is 5.95. The minimum absolute atomic E-state index is 0.0313. The summed E-state index contributed by atoms with van der Waals surface area (Å²) in [5.41, 5.74) is 3.08. The van der Waals surface area contributed by atoms with Crippen LogP contribution in [0.15, 0.2) is 42.0 Å².